The highest BCUT2D eigenvalue weighted by Crippen LogP contribution is 2.36. The summed E-state index contributed by atoms with van der Waals surface area (Å²) in [6, 6.07) is 9.26. The maximum absolute atomic E-state index is 12.2. The summed E-state index contributed by atoms with van der Waals surface area (Å²) in [6.45, 7) is 0.0859. The number of benzene rings is 2. The minimum absolute atomic E-state index is 0.0859. The van der Waals surface area contributed by atoms with Gasteiger partial charge in [0.2, 0.25) is 6.79 Å². The Kier molecular flexibility index (Phi) is 2.53. The van der Waals surface area contributed by atoms with E-state index in [4.69, 9.17) is 13.9 Å². The Morgan fingerprint density at radius 3 is 2.59 bits per heavy atom. The van der Waals surface area contributed by atoms with Crippen molar-refractivity contribution in [1.82, 2.24) is 0 Å². The summed E-state index contributed by atoms with van der Waals surface area (Å²) in [7, 11) is 0. The highest BCUT2D eigenvalue weighted by molar-refractivity contribution is 5.85. The lowest BCUT2D eigenvalue weighted by atomic mass is 10.0. The molecule has 0 amide bonds. The Morgan fingerprint density at radius 1 is 0.909 bits per heavy atom. The van der Waals surface area contributed by atoms with Crippen molar-refractivity contribution < 1.29 is 24.1 Å². The van der Waals surface area contributed by atoms with Crippen molar-refractivity contribution in [3.05, 3.63) is 46.8 Å². The van der Waals surface area contributed by atoms with E-state index in [-0.39, 0.29) is 23.9 Å². The second-order valence-corrected chi connectivity index (χ2v) is 4.89. The van der Waals surface area contributed by atoms with Gasteiger partial charge in [-0.2, -0.15) is 0 Å². The molecule has 6 nitrogen and oxygen atoms in total. The van der Waals surface area contributed by atoms with Crippen molar-refractivity contribution in [2.24, 2.45) is 0 Å². The van der Waals surface area contributed by atoms with E-state index in [2.05, 4.69) is 0 Å². The first kappa shape index (κ1) is 12.6. The van der Waals surface area contributed by atoms with Crippen LogP contribution < -0.4 is 15.1 Å². The van der Waals surface area contributed by atoms with Crippen LogP contribution in [0, 0.1) is 0 Å². The Labute approximate surface area is 123 Å². The van der Waals surface area contributed by atoms with Crippen LogP contribution >= 0.6 is 0 Å². The fourth-order valence-corrected chi connectivity index (χ4v) is 2.43. The Morgan fingerprint density at radius 2 is 1.73 bits per heavy atom. The van der Waals surface area contributed by atoms with Crippen LogP contribution in [0.15, 0.2) is 45.6 Å². The summed E-state index contributed by atoms with van der Waals surface area (Å²) >= 11 is 0. The third kappa shape index (κ3) is 1.85. The predicted molar refractivity (Wildman–Crippen MR) is 77.4 cm³/mol. The molecule has 0 radical (unpaired) electrons. The molecule has 2 heterocycles. The van der Waals surface area contributed by atoms with Crippen molar-refractivity contribution in [2.45, 2.75) is 0 Å². The van der Waals surface area contributed by atoms with Crippen molar-refractivity contribution in [3.63, 3.8) is 0 Å². The molecule has 2 N–H and O–H groups in total. The second kappa shape index (κ2) is 4.42. The topological polar surface area (TPSA) is 89.1 Å². The fraction of sp³-hybridized carbons (Fsp3) is 0.0625. The van der Waals surface area contributed by atoms with Gasteiger partial charge >= 0.3 is 5.63 Å². The molecule has 0 saturated heterocycles. The van der Waals surface area contributed by atoms with Crippen LogP contribution in [0.5, 0.6) is 23.0 Å². The third-order valence-electron chi connectivity index (χ3n) is 3.51. The van der Waals surface area contributed by atoms with Crippen molar-refractivity contribution in [3.8, 4) is 34.1 Å². The van der Waals surface area contributed by atoms with Gasteiger partial charge in [0.25, 0.3) is 0 Å². The smallest absolute Gasteiger partial charge is 0.344 e. The molecule has 0 atom stereocenters. The van der Waals surface area contributed by atoms with Crippen LogP contribution in [0.2, 0.25) is 0 Å². The maximum Gasteiger partial charge on any atom is 0.344 e. The Balaban J connectivity index is 1.98. The van der Waals surface area contributed by atoms with Gasteiger partial charge in [0.1, 0.15) is 17.1 Å². The lowest BCUT2D eigenvalue weighted by Gasteiger charge is -2.18. The van der Waals surface area contributed by atoms with Gasteiger partial charge in [-0.1, -0.05) is 0 Å². The molecule has 6 heteroatoms. The number of ether oxygens (including phenoxy) is 2. The average molecular weight is 298 g/mol. The molecule has 0 unspecified atom stereocenters. The van der Waals surface area contributed by atoms with Gasteiger partial charge in [0, 0.05) is 23.1 Å². The van der Waals surface area contributed by atoms with Crippen LogP contribution in [0.3, 0.4) is 0 Å². The van der Waals surface area contributed by atoms with Gasteiger partial charge < -0.3 is 24.1 Å². The molecule has 0 saturated carbocycles. The SMILES string of the molecule is O=c1oc2cc(O)c(O)cc2cc1-c1ccc2cc1OCO2. The van der Waals surface area contributed by atoms with Crippen LogP contribution in [-0.4, -0.2) is 17.0 Å². The largest absolute Gasteiger partial charge is 0.504 e. The van der Waals surface area contributed by atoms with E-state index >= 15 is 0 Å². The molecular weight excluding hydrogens is 288 g/mol. The molecule has 110 valence electrons. The van der Waals surface area contributed by atoms with Crippen molar-refractivity contribution in [1.29, 1.82) is 0 Å². The molecule has 0 aliphatic carbocycles. The van der Waals surface area contributed by atoms with E-state index in [9.17, 15) is 15.0 Å². The normalized spacial score (nSPS) is 12.7. The Hall–Kier alpha value is -3.15. The van der Waals surface area contributed by atoms with E-state index in [1.54, 1.807) is 24.3 Å². The summed E-state index contributed by atoms with van der Waals surface area (Å²) in [6.07, 6.45) is 0. The van der Waals surface area contributed by atoms with Gasteiger partial charge in [-0.05, 0) is 24.3 Å². The number of aromatic hydroxyl groups is 2. The molecule has 4 rings (SSSR count). The molecular formula is C16H10O6. The molecule has 3 aromatic rings. The van der Waals surface area contributed by atoms with E-state index in [1.807, 2.05) is 0 Å². The van der Waals surface area contributed by atoms with Crippen LogP contribution in [0.4, 0.5) is 0 Å². The van der Waals surface area contributed by atoms with Gasteiger partial charge in [-0.15, -0.1) is 0 Å². The minimum Gasteiger partial charge on any atom is -0.504 e. The maximum atomic E-state index is 12.2. The van der Waals surface area contributed by atoms with Crippen LogP contribution in [-0.2, 0) is 0 Å². The lowest BCUT2D eigenvalue weighted by Crippen LogP contribution is -2.12. The molecule has 0 spiro atoms. The van der Waals surface area contributed by atoms with Gasteiger partial charge in [0.05, 0.1) is 5.56 Å². The lowest BCUT2D eigenvalue weighted by molar-refractivity contribution is 0.106. The first-order valence-electron chi connectivity index (χ1n) is 6.52. The summed E-state index contributed by atoms with van der Waals surface area (Å²) in [5.41, 5.74) is 0.520. The molecule has 1 aliphatic heterocycles. The number of fused-ring (bicyclic) bond motifs is 3. The van der Waals surface area contributed by atoms with Crippen LogP contribution in [0.1, 0.15) is 0 Å². The number of hydrogen-bond acceptors (Lipinski definition) is 6. The highest BCUT2D eigenvalue weighted by atomic mass is 16.7. The predicted octanol–water partition coefficient (Wildman–Crippen LogP) is 2.60. The van der Waals surface area contributed by atoms with E-state index in [0.717, 1.165) is 0 Å². The summed E-state index contributed by atoms with van der Waals surface area (Å²) in [4.78, 5) is 12.2. The molecule has 1 aliphatic rings. The Bertz CT molecular complexity index is 957. The molecule has 22 heavy (non-hydrogen) atoms. The van der Waals surface area contributed by atoms with E-state index < -0.39 is 5.63 Å². The molecule has 0 fully saturated rings. The number of phenols is 2. The third-order valence-corrected chi connectivity index (χ3v) is 3.51. The molecule has 2 aromatic carbocycles. The summed E-state index contributed by atoms with van der Waals surface area (Å²) in [5, 5.41) is 19.5. The van der Waals surface area contributed by atoms with Crippen molar-refractivity contribution >= 4 is 11.0 Å². The first-order valence-corrected chi connectivity index (χ1v) is 6.52. The highest BCUT2D eigenvalue weighted by Gasteiger charge is 2.17. The summed E-state index contributed by atoms with van der Waals surface area (Å²) in [5.74, 6) is 0.563. The van der Waals surface area contributed by atoms with E-state index in [0.29, 0.717) is 28.0 Å². The average Bonchev–Trinajstić information content (AvgIpc) is 2.50. The minimum atomic E-state index is -0.559. The quantitative estimate of drug-likeness (QED) is 0.530. The number of rotatable bonds is 1. The van der Waals surface area contributed by atoms with Crippen molar-refractivity contribution in [2.75, 3.05) is 6.79 Å². The van der Waals surface area contributed by atoms with Gasteiger partial charge in [-0.3, -0.25) is 0 Å². The first-order chi connectivity index (χ1) is 10.6. The van der Waals surface area contributed by atoms with Gasteiger partial charge in [-0.25, -0.2) is 4.79 Å². The second-order valence-electron chi connectivity index (χ2n) is 4.89. The zero-order valence-corrected chi connectivity index (χ0v) is 11.2. The van der Waals surface area contributed by atoms with Gasteiger partial charge in [0.15, 0.2) is 11.5 Å². The summed E-state index contributed by atoms with van der Waals surface area (Å²) < 4.78 is 15.8. The number of phenolic OH excluding ortho intramolecular Hbond substituents is 2. The van der Waals surface area contributed by atoms with E-state index in [1.165, 1.54) is 12.1 Å². The molecule has 2 bridgehead atoms. The zero-order valence-electron chi connectivity index (χ0n) is 11.2. The number of hydrogen-bond donors (Lipinski definition) is 2. The zero-order chi connectivity index (χ0) is 15.3. The van der Waals surface area contributed by atoms with Crippen LogP contribution in [0.25, 0.3) is 22.1 Å². The monoisotopic (exact) mass is 298 g/mol. The fourth-order valence-electron chi connectivity index (χ4n) is 2.43. The standard InChI is InChI=1S/C16H10O6/c17-12-4-8-3-11(16(19)22-14(8)6-13(12)18)10-2-1-9-5-15(10)21-7-20-9/h1-6,17-18H,7H2. The molecule has 1 aromatic heterocycles.